The fourth-order valence-corrected chi connectivity index (χ4v) is 3.52. The standard InChI is InChI=1S/C14H23FN2O2S.ClH/c1-10-6-12(7-11(2)13(10)15)20(18,19)17(5)9-14(3,4)8-16;/h6-7H,8-9,16H2,1-5H3;1H. The molecule has 0 radical (unpaired) electrons. The topological polar surface area (TPSA) is 63.4 Å². The van der Waals surface area contributed by atoms with E-state index in [0.717, 1.165) is 0 Å². The first kappa shape index (κ1) is 20.3. The van der Waals surface area contributed by atoms with Crippen molar-refractivity contribution in [2.75, 3.05) is 20.1 Å². The third-order valence-electron chi connectivity index (χ3n) is 3.32. The number of aryl methyl sites for hydroxylation is 2. The van der Waals surface area contributed by atoms with Gasteiger partial charge in [-0.2, -0.15) is 0 Å². The third kappa shape index (κ3) is 4.64. The lowest BCUT2D eigenvalue weighted by Crippen LogP contribution is -2.39. The molecule has 0 aliphatic carbocycles. The normalized spacial score (nSPS) is 12.4. The van der Waals surface area contributed by atoms with Crippen molar-refractivity contribution in [2.24, 2.45) is 11.1 Å². The lowest BCUT2D eigenvalue weighted by Gasteiger charge is -2.28. The van der Waals surface area contributed by atoms with Crippen LogP contribution in [0.5, 0.6) is 0 Å². The zero-order valence-electron chi connectivity index (χ0n) is 13.1. The van der Waals surface area contributed by atoms with Crippen molar-refractivity contribution < 1.29 is 12.8 Å². The Hall–Kier alpha value is -0.690. The SMILES string of the molecule is Cc1cc(S(=O)(=O)N(C)CC(C)(C)CN)cc(C)c1F.Cl. The fraction of sp³-hybridized carbons (Fsp3) is 0.571. The second-order valence-corrected chi connectivity index (χ2v) is 8.05. The smallest absolute Gasteiger partial charge is 0.242 e. The summed E-state index contributed by atoms with van der Waals surface area (Å²) < 4.78 is 39.9. The molecule has 4 nitrogen and oxygen atoms in total. The molecular formula is C14H24ClFN2O2S. The van der Waals surface area contributed by atoms with Crippen LogP contribution in [0.25, 0.3) is 0 Å². The van der Waals surface area contributed by atoms with Crippen molar-refractivity contribution in [3.63, 3.8) is 0 Å². The van der Waals surface area contributed by atoms with Crippen LogP contribution >= 0.6 is 12.4 Å². The van der Waals surface area contributed by atoms with Gasteiger partial charge < -0.3 is 5.73 Å². The maximum Gasteiger partial charge on any atom is 0.242 e. The van der Waals surface area contributed by atoms with Gasteiger partial charge in [-0.05, 0) is 49.1 Å². The van der Waals surface area contributed by atoms with E-state index < -0.39 is 10.0 Å². The molecule has 0 aromatic heterocycles. The quantitative estimate of drug-likeness (QED) is 0.897. The summed E-state index contributed by atoms with van der Waals surface area (Å²) in [7, 11) is -2.12. The summed E-state index contributed by atoms with van der Waals surface area (Å²) in [4.78, 5) is 0.115. The summed E-state index contributed by atoms with van der Waals surface area (Å²) in [6, 6.07) is 2.73. The second-order valence-electron chi connectivity index (χ2n) is 6.00. The molecule has 1 aromatic carbocycles. The first-order valence-electron chi connectivity index (χ1n) is 6.44. The molecule has 0 saturated heterocycles. The molecule has 7 heteroatoms. The highest BCUT2D eigenvalue weighted by atomic mass is 35.5. The number of benzene rings is 1. The van der Waals surface area contributed by atoms with Crippen LogP contribution < -0.4 is 5.73 Å². The molecule has 0 unspecified atom stereocenters. The molecule has 122 valence electrons. The summed E-state index contributed by atoms with van der Waals surface area (Å²) in [5, 5.41) is 0. The highest BCUT2D eigenvalue weighted by Gasteiger charge is 2.27. The van der Waals surface area contributed by atoms with Crippen LogP contribution in [-0.4, -0.2) is 32.9 Å². The highest BCUT2D eigenvalue weighted by molar-refractivity contribution is 7.89. The Morgan fingerprint density at radius 1 is 1.24 bits per heavy atom. The minimum absolute atomic E-state index is 0. The maximum atomic E-state index is 13.6. The van der Waals surface area contributed by atoms with Crippen LogP contribution in [0.15, 0.2) is 17.0 Å². The summed E-state index contributed by atoms with van der Waals surface area (Å²) in [5.41, 5.74) is 5.98. The fourth-order valence-electron chi connectivity index (χ4n) is 1.99. The van der Waals surface area contributed by atoms with E-state index in [2.05, 4.69) is 0 Å². The summed E-state index contributed by atoms with van der Waals surface area (Å²) in [6.45, 7) is 7.62. The molecule has 21 heavy (non-hydrogen) atoms. The molecule has 0 heterocycles. The van der Waals surface area contributed by atoms with Crippen LogP contribution in [0.3, 0.4) is 0 Å². The van der Waals surface area contributed by atoms with Gasteiger partial charge in [-0.15, -0.1) is 12.4 Å². The molecular weight excluding hydrogens is 315 g/mol. The highest BCUT2D eigenvalue weighted by Crippen LogP contribution is 2.23. The van der Waals surface area contributed by atoms with Crippen molar-refractivity contribution in [1.29, 1.82) is 0 Å². The van der Waals surface area contributed by atoms with E-state index in [4.69, 9.17) is 5.73 Å². The maximum absolute atomic E-state index is 13.6. The number of halogens is 2. The van der Waals surface area contributed by atoms with E-state index in [1.54, 1.807) is 13.8 Å². The van der Waals surface area contributed by atoms with E-state index in [-0.39, 0.29) is 28.5 Å². The average molecular weight is 339 g/mol. The van der Waals surface area contributed by atoms with Crippen LogP contribution in [-0.2, 0) is 10.0 Å². The molecule has 0 amide bonds. The van der Waals surface area contributed by atoms with Gasteiger partial charge in [-0.25, -0.2) is 17.1 Å². The number of nitrogens with zero attached hydrogens (tertiary/aromatic N) is 1. The Bertz CT molecular complexity index is 580. The van der Waals surface area contributed by atoms with E-state index in [1.807, 2.05) is 13.8 Å². The number of hydrogen-bond donors (Lipinski definition) is 1. The molecule has 0 bridgehead atoms. The minimum Gasteiger partial charge on any atom is -0.330 e. The molecule has 0 atom stereocenters. The van der Waals surface area contributed by atoms with Gasteiger partial charge >= 0.3 is 0 Å². The van der Waals surface area contributed by atoms with E-state index in [9.17, 15) is 12.8 Å². The van der Waals surface area contributed by atoms with Crippen molar-refractivity contribution in [3.8, 4) is 0 Å². The Morgan fingerprint density at radius 3 is 2.05 bits per heavy atom. The van der Waals surface area contributed by atoms with E-state index in [0.29, 0.717) is 24.2 Å². The number of nitrogens with two attached hydrogens (primary N) is 1. The molecule has 0 fully saturated rings. The van der Waals surface area contributed by atoms with Gasteiger partial charge in [0.25, 0.3) is 0 Å². The predicted octanol–water partition coefficient (Wildman–Crippen LogP) is 2.47. The van der Waals surface area contributed by atoms with Gasteiger partial charge in [0.05, 0.1) is 4.90 Å². The second kappa shape index (κ2) is 7.05. The van der Waals surface area contributed by atoms with Crippen LogP contribution in [0, 0.1) is 25.1 Å². The molecule has 0 spiro atoms. The Labute approximate surface area is 133 Å². The van der Waals surface area contributed by atoms with Gasteiger partial charge in [0.15, 0.2) is 0 Å². The van der Waals surface area contributed by atoms with Crippen molar-refractivity contribution >= 4 is 22.4 Å². The largest absolute Gasteiger partial charge is 0.330 e. The zero-order valence-corrected chi connectivity index (χ0v) is 14.7. The van der Waals surface area contributed by atoms with Crippen LogP contribution in [0.1, 0.15) is 25.0 Å². The monoisotopic (exact) mass is 338 g/mol. The first-order chi connectivity index (χ1) is 9.01. The van der Waals surface area contributed by atoms with Crippen LogP contribution in [0.4, 0.5) is 4.39 Å². The minimum atomic E-state index is -3.63. The van der Waals surface area contributed by atoms with Gasteiger partial charge in [0.2, 0.25) is 10.0 Å². The lowest BCUT2D eigenvalue weighted by atomic mass is 9.94. The Balaban J connectivity index is 0.00000400. The number of sulfonamides is 1. The predicted molar refractivity (Wildman–Crippen MR) is 85.8 cm³/mol. The molecule has 0 aliphatic heterocycles. The van der Waals surface area contributed by atoms with Gasteiger partial charge in [0.1, 0.15) is 5.82 Å². The molecule has 2 N–H and O–H groups in total. The average Bonchev–Trinajstić information content (AvgIpc) is 2.34. The third-order valence-corrected chi connectivity index (χ3v) is 5.10. The van der Waals surface area contributed by atoms with Crippen molar-refractivity contribution in [2.45, 2.75) is 32.6 Å². The van der Waals surface area contributed by atoms with Crippen molar-refractivity contribution in [3.05, 3.63) is 29.1 Å². The Morgan fingerprint density at radius 2 is 1.67 bits per heavy atom. The molecule has 0 aliphatic rings. The molecule has 1 aromatic rings. The first-order valence-corrected chi connectivity index (χ1v) is 7.88. The van der Waals surface area contributed by atoms with E-state index >= 15 is 0 Å². The number of rotatable bonds is 5. The summed E-state index contributed by atoms with van der Waals surface area (Å²) in [6.07, 6.45) is 0. The molecule has 1 rings (SSSR count). The van der Waals surface area contributed by atoms with E-state index in [1.165, 1.54) is 23.5 Å². The van der Waals surface area contributed by atoms with Gasteiger partial charge in [0, 0.05) is 13.6 Å². The zero-order chi connectivity index (χ0) is 15.7. The van der Waals surface area contributed by atoms with Gasteiger partial charge in [-0.3, -0.25) is 0 Å². The number of hydrogen-bond acceptors (Lipinski definition) is 3. The van der Waals surface area contributed by atoms with Gasteiger partial charge in [-0.1, -0.05) is 13.8 Å². The summed E-state index contributed by atoms with van der Waals surface area (Å²) >= 11 is 0. The van der Waals surface area contributed by atoms with Crippen molar-refractivity contribution in [1.82, 2.24) is 4.31 Å². The molecule has 0 saturated carbocycles. The summed E-state index contributed by atoms with van der Waals surface area (Å²) in [5.74, 6) is -0.367. The lowest BCUT2D eigenvalue weighted by molar-refractivity contribution is 0.292. The Kier molecular flexibility index (Phi) is 6.82. The van der Waals surface area contributed by atoms with Crippen LogP contribution in [0.2, 0.25) is 0 Å².